The minimum absolute atomic E-state index is 0.169. The molecule has 1 heterocycles. The summed E-state index contributed by atoms with van der Waals surface area (Å²) >= 11 is 0. The van der Waals surface area contributed by atoms with Crippen LogP contribution in [-0.2, 0) is 14.7 Å². The molecular formula is C14H19BO2. The summed E-state index contributed by atoms with van der Waals surface area (Å²) in [6.45, 7) is 8.05. The average molecular weight is 230 g/mol. The van der Waals surface area contributed by atoms with E-state index >= 15 is 0 Å². The van der Waals surface area contributed by atoms with Crippen molar-refractivity contribution >= 4 is 13.2 Å². The largest absolute Gasteiger partial charge is 0.486 e. The average Bonchev–Trinajstić information content (AvgIpc) is 2.78. The van der Waals surface area contributed by atoms with Gasteiger partial charge < -0.3 is 9.31 Å². The van der Waals surface area contributed by atoms with Crippen LogP contribution in [0, 0.1) is 0 Å². The highest BCUT2D eigenvalue weighted by Gasteiger charge is 2.19. The Morgan fingerprint density at radius 1 is 1.06 bits per heavy atom. The van der Waals surface area contributed by atoms with E-state index in [1.165, 1.54) is 11.1 Å². The Hall–Kier alpha value is -1.06. The van der Waals surface area contributed by atoms with E-state index in [-0.39, 0.29) is 12.5 Å². The van der Waals surface area contributed by atoms with Gasteiger partial charge in [-0.25, -0.2) is 0 Å². The van der Waals surface area contributed by atoms with E-state index < -0.39 is 0 Å². The van der Waals surface area contributed by atoms with E-state index in [1.807, 2.05) is 12.1 Å². The highest BCUT2D eigenvalue weighted by Crippen LogP contribution is 2.22. The third-order valence-electron chi connectivity index (χ3n) is 2.87. The fraction of sp³-hybridized carbons (Fsp3) is 0.429. The molecule has 1 fully saturated rings. The molecule has 0 aromatic heterocycles. The lowest BCUT2D eigenvalue weighted by atomic mass is 9.86. The summed E-state index contributed by atoms with van der Waals surface area (Å²) in [5, 5.41) is 0. The minimum Gasteiger partial charge on any atom is -0.405 e. The first kappa shape index (κ1) is 12.4. The van der Waals surface area contributed by atoms with Crippen molar-refractivity contribution in [3.8, 4) is 0 Å². The van der Waals surface area contributed by atoms with Crippen LogP contribution in [0.4, 0.5) is 0 Å². The van der Waals surface area contributed by atoms with Gasteiger partial charge in [0.1, 0.15) is 0 Å². The fourth-order valence-electron chi connectivity index (χ4n) is 1.77. The van der Waals surface area contributed by atoms with Crippen LogP contribution in [0.2, 0.25) is 0 Å². The standard InChI is InChI=1S/C14H19BO2/c1-14(2,3)13-6-4-12(5-7-13)8-9-15-16-10-11-17-15/h4-9H,10-11H2,1-3H3/b9-8+. The number of rotatable bonds is 2. The zero-order valence-electron chi connectivity index (χ0n) is 10.8. The van der Waals surface area contributed by atoms with Crippen LogP contribution in [0.3, 0.4) is 0 Å². The van der Waals surface area contributed by atoms with Gasteiger partial charge in [-0.2, -0.15) is 0 Å². The molecule has 1 aliphatic heterocycles. The smallest absolute Gasteiger partial charge is 0.405 e. The van der Waals surface area contributed by atoms with Gasteiger partial charge in [-0.3, -0.25) is 0 Å². The third-order valence-corrected chi connectivity index (χ3v) is 2.87. The Morgan fingerprint density at radius 2 is 1.65 bits per heavy atom. The predicted molar refractivity (Wildman–Crippen MR) is 71.8 cm³/mol. The Balaban J connectivity index is 2.02. The third kappa shape index (κ3) is 3.45. The van der Waals surface area contributed by atoms with Crippen LogP contribution < -0.4 is 0 Å². The zero-order valence-corrected chi connectivity index (χ0v) is 10.8. The van der Waals surface area contributed by atoms with E-state index in [4.69, 9.17) is 9.31 Å². The second-order valence-electron chi connectivity index (χ2n) is 5.34. The molecule has 0 bridgehead atoms. The van der Waals surface area contributed by atoms with E-state index in [9.17, 15) is 0 Å². The number of hydrogen-bond donors (Lipinski definition) is 0. The summed E-state index contributed by atoms with van der Waals surface area (Å²) < 4.78 is 10.7. The van der Waals surface area contributed by atoms with Crippen molar-refractivity contribution in [2.45, 2.75) is 26.2 Å². The molecule has 2 nitrogen and oxygen atoms in total. The van der Waals surface area contributed by atoms with Crippen LogP contribution in [0.5, 0.6) is 0 Å². The van der Waals surface area contributed by atoms with E-state index in [0.717, 1.165) is 0 Å². The van der Waals surface area contributed by atoms with Gasteiger partial charge in [0.15, 0.2) is 0 Å². The van der Waals surface area contributed by atoms with Crippen LogP contribution in [0.25, 0.3) is 6.08 Å². The second-order valence-corrected chi connectivity index (χ2v) is 5.34. The molecule has 0 radical (unpaired) electrons. The SMILES string of the molecule is CC(C)(C)c1ccc(/C=C/B2OCCO2)cc1. The molecule has 1 aliphatic rings. The number of hydrogen-bond acceptors (Lipinski definition) is 2. The summed E-state index contributed by atoms with van der Waals surface area (Å²) in [4.78, 5) is 0. The van der Waals surface area contributed by atoms with Crippen LogP contribution in [0.1, 0.15) is 31.9 Å². The maximum absolute atomic E-state index is 5.34. The van der Waals surface area contributed by atoms with E-state index in [1.54, 1.807) is 0 Å². The summed E-state index contributed by atoms with van der Waals surface area (Å²) in [5.41, 5.74) is 2.74. The summed E-state index contributed by atoms with van der Waals surface area (Å²) in [6, 6.07) is 8.62. The van der Waals surface area contributed by atoms with E-state index in [0.29, 0.717) is 13.2 Å². The molecule has 90 valence electrons. The van der Waals surface area contributed by atoms with E-state index in [2.05, 4.69) is 45.0 Å². The van der Waals surface area contributed by atoms with Gasteiger partial charge >= 0.3 is 7.12 Å². The van der Waals surface area contributed by atoms with Gasteiger partial charge in [0, 0.05) is 0 Å². The molecular weight excluding hydrogens is 211 g/mol. The van der Waals surface area contributed by atoms with Gasteiger partial charge in [0.2, 0.25) is 0 Å². The van der Waals surface area contributed by atoms with Gasteiger partial charge in [-0.15, -0.1) is 0 Å². The van der Waals surface area contributed by atoms with Crippen molar-refractivity contribution in [3.05, 3.63) is 41.4 Å². The second kappa shape index (κ2) is 5.07. The summed E-state index contributed by atoms with van der Waals surface area (Å²) in [5.74, 6) is 1.96. The first-order chi connectivity index (χ1) is 8.05. The van der Waals surface area contributed by atoms with Gasteiger partial charge in [0.05, 0.1) is 13.2 Å². The zero-order chi connectivity index (χ0) is 12.3. The van der Waals surface area contributed by atoms with Gasteiger partial charge in [-0.1, -0.05) is 57.1 Å². The predicted octanol–water partition coefficient (Wildman–Crippen LogP) is 3.07. The Bertz CT molecular complexity index is 384. The summed E-state index contributed by atoms with van der Waals surface area (Å²) in [7, 11) is -0.169. The van der Waals surface area contributed by atoms with Gasteiger partial charge in [0.25, 0.3) is 0 Å². The Labute approximate surface area is 104 Å². The van der Waals surface area contributed by atoms with Crippen LogP contribution in [-0.4, -0.2) is 20.3 Å². The molecule has 0 unspecified atom stereocenters. The fourth-order valence-corrected chi connectivity index (χ4v) is 1.77. The lowest BCUT2D eigenvalue weighted by Gasteiger charge is -2.18. The molecule has 1 aromatic rings. The Kier molecular flexibility index (Phi) is 3.70. The lowest BCUT2D eigenvalue weighted by molar-refractivity contribution is 0.365. The molecule has 17 heavy (non-hydrogen) atoms. The molecule has 2 rings (SSSR count). The molecule has 0 amide bonds. The first-order valence-electron chi connectivity index (χ1n) is 6.08. The topological polar surface area (TPSA) is 18.5 Å². The molecule has 0 atom stereocenters. The maximum Gasteiger partial charge on any atom is 0.486 e. The van der Waals surface area contributed by atoms with Crippen LogP contribution in [0.15, 0.2) is 30.2 Å². The maximum atomic E-state index is 5.34. The molecule has 1 aromatic carbocycles. The Morgan fingerprint density at radius 3 is 2.18 bits per heavy atom. The van der Waals surface area contributed by atoms with Crippen molar-refractivity contribution in [1.82, 2.24) is 0 Å². The molecule has 1 saturated heterocycles. The van der Waals surface area contributed by atoms with Crippen LogP contribution >= 0.6 is 0 Å². The minimum atomic E-state index is -0.169. The van der Waals surface area contributed by atoms with Crippen molar-refractivity contribution in [1.29, 1.82) is 0 Å². The molecule has 0 saturated carbocycles. The normalized spacial score (nSPS) is 17.0. The highest BCUT2D eigenvalue weighted by molar-refractivity contribution is 6.52. The molecule has 0 spiro atoms. The molecule has 3 heteroatoms. The lowest BCUT2D eigenvalue weighted by Crippen LogP contribution is -2.10. The van der Waals surface area contributed by atoms with Crippen molar-refractivity contribution in [2.75, 3.05) is 13.2 Å². The van der Waals surface area contributed by atoms with Gasteiger partial charge in [-0.05, 0) is 16.5 Å². The first-order valence-corrected chi connectivity index (χ1v) is 6.08. The quantitative estimate of drug-likeness (QED) is 0.727. The van der Waals surface area contributed by atoms with Crippen molar-refractivity contribution < 1.29 is 9.31 Å². The summed E-state index contributed by atoms with van der Waals surface area (Å²) in [6.07, 6.45) is 2.04. The molecule has 0 aliphatic carbocycles. The highest BCUT2D eigenvalue weighted by atomic mass is 16.6. The number of benzene rings is 1. The van der Waals surface area contributed by atoms with Crippen molar-refractivity contribution in [3.63, 3.8) is 0 Å². The monoisotopic (exact) mass is 230 g/mol. The molecule has 0 N–H and O–H groups in total. The van der Waals surface area contributed by atoms with Crippen molar-refractivity contribution in [2.24, 2.45) is 0 Å².